The van der Waals surface area contributed by atoms with Gasteiger partial charge in [0.2, 0.25) is 18.6 Å². The minimum Gasteiger partial charge on any atom is -0.454 e. The highest BCUT2D eigenvalue weighted by atomic mass is 16.7. The summed E-state index contributed by atoms with van der Waals surface area (Å²) in [6.07, 6.45) is 1.08. The molecule has 2 aromatic carbocycles. The quantitative estimate of drug-likeness (QED) is 0.827. The first-order valence-electron chi connectivity index (χ1n) is 8.58. The van der Waals surface area contributed by atoms with Crippen molar-refractivity contribution >= 4 is 23.2 Å². The molecular formula is C20H20N2O4. The fourth-order valence-electron chi connectivity index (χ4n) is 3.10. The highest BCUT2D eigenvalue weighted by Gasteiger charge is 2.56. The molecule has 2 N–H and O–H groups in total. The van der Waals surface area contributed by atoms with Crippen molar-refractivity contribution in [3.8, 4) is 11.5 Å². The van der Waals surface area contributed by atoms with Gasteiger partial charge in [-0.1, -0.05) is 17.7 Å². The maximum Gasteiger partial charge on any atom is 0.240 e. The first-order chi connectivity index (χ1) is 12.5. The highest BCUT2D eigenvalue weighted by Crippen LogP contribution is 2.48. The summed E-state index contributed by atoms with van der Waals surface area (Å²) in [5, 5.41) is 5.73. The zero-order chi connectivity index (χ0) is 18.3. The van der Waals surface area contributed by atoms with Gasteiger partial charge in [-0.2, -0.15) is 0 Å². The minimum absolute atomic E-state index is 0.176. The third-order valence-electron chi connectivity index (χ3n) is 4.88. The van der Waals surface area contributed by atoms with Gasteiger partial charge in [-0.3, -0.25) is 9.59 Å². The largest absolute Gasteiger partial charge is 0.454 e. The van der Waals surface area contributed by atoms with Gasteiger partial charge in [0, 0.05) is 17.4 Å². The van der Waals surface area contributed by atoms with Crippen molar-refractivity contribution in [3.05, 3.63) is 47.5 Å². The molecule has 134 valence electrons. The van der Waals surface area contributed by atoms with Crippen LogP contribution in [0.15, 0.2) is 36.4 Å². The molecule has 0 aromatic heterocycles. The number of ether oxygens (including phenoxy) is 2. The fourth-order valence-corrected chi connectivity index (χ4v) is 3.10. The summed E-state index contributed by atoms with van der Waals surface area (Å²) >= 11 is 0. The Labute approximate surface area is 151 Å². The predicted molar refractivity (Wildman–Crippen MR) is 97.4 cm³/mol. The van der Waals surface area contributed by atoms with Crippen LogP contribution in [0.5, 0.6) is 11.5 Å². The molecule has 1 fully saturated rings. The van der Waals surface area contributed by atoms with Gasteiger partial charge in [0.25, 0.3) is 0 Å². The lowest BCUT2D eigenvalue weighted by atomic mass is 10.0. The van der Waals surface area contributed by atoms with Crippen molar-refractivity contribution < 1.29 is 19.1 Å². The second-order valence-electron chi connectivity index (χ2n) is 6.88. The van der Waals surface area contributed by atoms with Crippen LogP contribution in [0.2, 0.25) is 0 Å². The van der Waals surface area contributed by atoms with Crippen molar-refractivity contribution in [1.82, 2.24) is 0 Å². The average molecular weight is 352 g/mol. The number of rotatable bonds is 4. The van der Waals surface area contributed by atoms with E-state index >= 15 is 0 Å². The van der Waals surface area contributed by atoms with Crippen molar-refractivity contribution in [1.29, 1.82) is 0 Å². The van der Waals surface area contributed by atoms with Gasteiger partial charge in [-0.15, -0.1) is 0 Å². The minimum atomic E-state index is -1.01. The first-order valence-corrected chi connectivity index (χ1v) is 8.58. The summed E-state index contributed by atoms with van der Waals surface area (Å²) in [5.41, 5.74) is 2.42. The van der Waals surface area contributed by atoms with Gasteiger partial charge in [0.1, 0.15) is 5.41 Å². The molecular weight excluding hydrogens is 332 g/mol. The van der Waals surface area contributed by atoms with E-state index in [2.05, 4.69) is 10.6 Å². The van der Waals surface area contributed by atoms with Gasteiger partial charge >= 0.3 is 0 Å². The van der Waals surface area contributed by atoms with Crippen molar-refractivity contribution in [2.45, 2.75) is 26.7 Å². The SMILES string of the molecule is Cc1ccc(NC(=O)C2(C(=O)Nc3ccc4c(c3)OCO4)CC2)c(C)c1. The second-order valence-corrected chi connectivity index (χ2v) is 6.88. The molecule has 0 spiro atoms. The number of carbonyl (C=O) groups excluding carboxylic acids is 2. The fraction of sp³-hybridized carbons (Fsp3) is 0.300. The lowest BCUT2D eigenvalue weighted by Crippen LogP contribution is -2.35. The van der Waals surface area contributed by atoms with E-state index in [1.807, 2.05) is 32.0 Å². The van der Waals surface area contributed by atoms with Crippen LogP contribution in [0.3, 0.4) is 0 Å². The van der Waals surface area contributed by atoms with E-state index in [-0.39, 0.29) is 18.6 Å². The Morgan fingerprint density at radius 3 is 2.38 bits per heavy atom. The topological polar surface area (TPSA) is 76.7 Å². The summed E-state index contributed by atoms with van der Waals surface area (Å²) in [5.74, 6) is 0.686. The van der Waals surface area contributed by atoms with E-state index < -0.39 is 5.41 Å². The van der Waals surface area contributed by atoms with Gasteiger partial charge < -0.3 is 20.1 Å². The molecule has 6 nitrogen and oxygen atoms in total. The zero-order valence-corrected chi connectivity index (χ0v) is 14.7. The third kappa shape index (κ3) is 2.87. The number of nitrogens with one attached hydrogen (secondary N) is 2. The van der Waals surface area contributed by atoms with Gasteiger partial charge in [0.15, 0.2) is 11.5 Å². The van der Waals surface area contributed by atoms with Gasteiger partial charge in [-0.05, 0) is 50.5 Å². The average Bonchev–Trinajstić information content (AvgIpc) is 3.30. The Kier molecular flexibility index (Phi) is 3.83. The van der Waals surface area contributed by atoms with E-state index in [4.69, 9.17) is 9.47 Å². The molecule has 4 rings (SSSR count). The predicted octanol–water partition coefficient (Wildman–Crippen LogP) is 3.39. The van der Waals surface area contributed by atoms with Crippen molar-refractivity contribution in [2.24, 2.45) is 5.41 Å². The summed E-state index contributed by atoms with van der Waals surface area (Å²) < 4.78 is 10.6. The Bertz CT molecular complexity index is 903. The summed E-state index contributed by atoms with van der Waals surface area (Å²) in [6, 6.07) is 11.0. The number of carbonyl (C=O) groups is 2. The van der Waals surface area contributed by atoms with Crippen LogP contribution in [-0.2, 0) is 9.59 Å². The zero-order valence-electron chi connectivity index (χ0n) is 14.7. The lowest BCUT2D eigenvalue weighted by molar-refractivity contribution is -0.131. The molecule has 0 unspecified atom stereocenters. The molecule has 2 aliphatic rings. The van der Waals surface area contributed by atoms with Crippen molar-refractivity contribution in [3.63, 3.8) is 0 Å². The summed E-state index contributed by atoms with van der Waals surface area (Å²) in [7, 11) is 0. The van der Waals surface area contributed by atoms with Crippen molar-refractivity contribution in [2.75, 3.05) is 17.4 Å². The Hall–Kier alpha value is -3.02. The smallest absolute Gasteiger partial charge is 0.240 e. The number of hydrogen-bond donors (Lipinski definition) is 2. The number of hydrogen-bond acceptors (Lipinski definition) is 4. The van der Waals surface area contributed by atoms with Crippen LogP contribution in [0.4, 0.5) is 11.4 Å². The molecule has 1 saturated carbocycles. The molecule has 0 saturated heterocycles. The van der Waals surface area contributed by atoms with Gasteiger partial charge in [-0.25, -0.2) is 0 Å². The Morgan fingerprint density at radius 2 is 1.65 bits per heavy atom. The van der Waals surface area contributed by atoms with E-state index in [1.54, 1.807) is 18.2 Å². The second kappa shape index (κ2) is 6.05. The van der Waals surface area contributed by atoms with Crippen LogP contribution in [0, 0.1) is 19.3 Å². The molecule has 26 heavy (non-hydrogen) atoms. The molecule has 0 atom stereocenters. The van der Waals surface area contributed by atoms with E-state index in [1.165, 1.54) is 0 Å². The molecule has 1 aliphatic heterocycles. The normalized spacial score (nSPS) is 16.1. The lowest BCUT2D eigenvalue weighted by Gasteiger charge is -2.17. The Morgan fingerprint density at radius 1 is 0.923 bits per heavy atom. The number of aryl methyl sites for hydroxylation is 2. The summed E-state index contributed by atoms with van der Waals surface area (Å²) in [6.45, 7) is 4.11. The van der Waals surface area contributed by atoms with Crippen LogP contribution >= 0.6 is 0 Å². The van der Waals surface area contributed by atoms with Crippen LogP contribution in [-0.4, -0.2) is 18.6 Å². The van der Waals surface area contributed by atoms with E-state index in [0.717, 1.165) is 16.8 Å². The van der Waals surface area contributed by atoms with Crippen LogP contribution < -0.4 is 20.1 Å². The number of anilines is 2. The van der Waals surface area contributed by atoms with Gasteiger partial charge in [0.05, 0.1) is 0 Å². The molecule has 2 aromatic rings. The maximum absolute atomic E-state index is 12.7. The molecule has 2 amide bonds. The molecule has 1 aliphatic carbocycles. The van der Waals surface area contributed by atoms with Crippen LogP contribution in [0.25, 0.3) is 0 Å². The first kappa shape index (κ1) is 16.4. The van der Waals surface area contributed by atoms with Crippen LogP contribution in [0.1, 0.15) is 24.0 Å². The molecule has 1 heterocycles. The Balaban J connectivity index is 1.47. The molecule has 0 bridgehead atoms. The summed E-state index contributed by atoms with van der Waals surface area (Å²) in [4.78, 5) is 25.5. The highest BCUT2D eigenvalue weighted by molar-refractivity contribution is 6.17. The number of benzene rings is 2. The van der Waals surface area contributed by atoms with E-state index in [0.29, 0.717) is 30.0 Å². The number of amides is 2. The standard InChI is InChI=1S/C20H20N2O4/c1-12-3-5-15(13(2)9-12)22-19(24)20(7-8-20)18(23)21-14-4-6-16-17(10-14)26-11-25-16/h3-6,9-10H,7-8,11H2,1-2H3,(H,21,23)(H,22,24). The molecule has 6 heteroatoms. The third-order valence-corrected chi connectivity index (χ3v) is 4.88. The molecule has 0 radical (unpaired) electrons. The monoisotopic (exact) mass is 352 g/mol. The number of fused-ring (bicyclic) bond motifs is 1. The van der Waals surface area contributed by atoms with E-state index in [9.17, 15) is 9.59 Å². The maximum atomic E-state index is 12.7.